The predicted octanol–water partition coefficient (Wildman–Crippen LogP) is 4.54. The second-order valence-electron chi connectivity index (χ2n) is 8.17. The van der Waals surface area contributed by atoms with Gasteiger partial charge in [-0.05, 0) is 55.0 Å². The normalized spacial score (nSPS) is 15.0. The average Bonchev–Trinajstić information content (AvgIpc) is 3.24. The second kappa shape index (κ2) is 10.4. The van der Waals surface area contributed by atoms with Gasteiger partial charge in [0.05, 0.1) is 6.42 Å². The molecule has 0 unspecified atom stereocenters. The minimum absolute atomic E-state index is 0.0783. The van der Waals surface area contributed by atoms with Crippen LogP contribution in [0.1, 0.15) is 55.7 Å². The summed E-state index contributed by atoms with van der Waals surface area (Å²) in [5, 5.41) is 3.15. The first-order valence-electron chi connectivity index (χ1n) is 10.9. The molecule has 30 heavy (non-hydrogen) atoms. The van der Waals surface area contributed by atoms with Crippen LogP contribution >= 0.6 is 0 Å². The number of nitrogens with one attached hydrogen (secondary N) is 1. The molecule has 0 aliphatic heterocycles. The zero-order valence-electron chi connectivity index (χ0n) is 17.9. The van der Waals surface area contributed by atoms with Gasteiger partial charge in [-0.3, -0.25) is 9.59 Å². The summed E-state index contributed by atoms with van der Waals surface area (Å²) in [7, 11) is 0. The van der Waals surface area contributed by atoms with E-state index >= 15 is 0 Å². The number of hydrogen-bond acceptors (Lipinski definition) is 2. The summed E-state index contributed by atoms with van der Waals surface area (Å²) in [6, 6.07) is 13.6. The van der Waals surface area contributed by atoms with E-state index in [0.717, 1.165) is 42.4 Å². The van der Waals surface area contributed by atoms with Crippen LogP contribution in [0.15, 0.2) is 48.5 Å². The van der Waals surface area contributed by atoms with Crippen LogP contribution in [0.3, 0.4) is 0 Å². The number of aryl methyl sites for hydroxylation is 1. The van der Waals surface area contributed by atoms with Crippen molar-refractivity contribution in [1.29, 1.82) is 0 Å². The molecule has 0 heterocycles. The van der Waals surface area contributed by atoms with E-state index in [0.29, 0.717) is 13.0 Å². The van der Waals surface area contributed by atoms with Crippen LogP contribution in [-0.4, -0.2) is 28.8 Å². The molecule has 1 fully saturated rings. The fourth-order valence-electron chi connectivity index (χ4n) is 4.14. The third-order valence-electron chi connectivity index (χ3n) is 5.96. The predicted molar refractivity (Wildman–Crippen MR) is 116 cm³/mol. The van der Waals surface area contributed by atoms with Crippen molar-refractivity contribution in [2.45, 2.75) is 71.0 Å². The molecule has 1 aliphatic carbocycles. The smallest absolute Gasteiger partial charge is 0.243 e. The van der Waals surface area contributed by atoms with Gasteiger partial charge >= 0.3 is 0 Å². The largest absolute Gasteiger partial charge is 0.352 e. The summed E-state index contributed by atoms with van der Waals surface area (Å²) in [5.41, 5.74) is 2.85. The number of hydrogen-bond donors (Lipinski definition) is 1. The van der Waals surface area contributed by atoms with E-state index in [9.17, 15) is 14.0 Å². The fraction of sp³-hybridized carbons (Fsp3) is 0.440. The topological polar surface area (TPSA) is 49.4 Å². The van der Waals surface area contributed by atoms with E-state index < -0.39 is 6.04 Å². The van der Waals surface area contributed by atoms with Crippen LogP contribution in [0.2, 0.25) is 0 Å². The Morgan fingerprint density at radius 2 is 1.77 bits per heavy atom. The summed E-state index contributed by atoms with van der Waals surface area (Å²) >= 11 is 0. The Morgan fingerprint density at radius 1 is 1.10 bits per heavy atom. The van der Waals surface area contributed by atoms with E-state index in [1.807, 2.05) is 38.1 Å². The lowest BCUT2D eigenvalue weighted by Crippen LogP contribution is -2.51. The molecule has 1 saturated carbocycles. The molecule has 0 saturated heterocycles. The lowest BCUT2D eigenvalue weighted by atomic mass is 10.0. The zero-order valence-corrected chi connectivity index (χ0v) is 17.9. The number of amides is 2. The maximum atomic E-state index is 13.3. The molecule has 0 spiro atoms. The molecule has 1 aliphatic rings. The second-order valence-corrected chi connectivity index (χ2v) is 8.17. The molecule has 0 aromatic heterocycles. The lowest BCUT2D eigenvalue weighted by Gasteiger charge is -2.32. The van der Waals surface area contributed by atoms with Crippen molar-refractivity contribution in [3.05, 3.63) is 71.0 Å². The third-order valence-corrected chi connectivity index (χ3v) is 5.96. The number of rotatable bonds is 8. The van der Waals surface area contributed by atoms with Crippen molar-refractivity contribution in [1.82, 2.24) is 10.2 Å². The number of carbonyl (C=O) groups is 2. The monoisotopic (exact) mass is 410 g/mol. The summed E-state index contributed by atoms with van der Waals surface area (Å²) in [6.07, 6.45) is 4.96. The van der Waals surface area contributed by atoms with Gasteiger partial charge in [0, 0.05) is 12.6 Å². The number of halogens is 1. The molecule has 5 heteroatoms. The molecule has 0 radical (unpaired) electrons. The van der Waals surface area contributed by atoms with E-state index in [1.165, 1.54) is 12.1 Å². The summed E-state index contributed by atoms with van der Waals surface area (Å²) in [6.45, 7) is 4.33. The van der Waals surface area contributed by atoms with Gasteiger partial charge in [-0.1, -0.05) is 56.2 Å². The summed E-state index contributed by atoms with van der Waals surface area (Å²) in [4.78, 5) is 28.1. The molecule has 2 amide bonds. The average molecular weight is 411 g/mol. The quantitative estimate of drug-likeness (QED) is 0.694. The Bertz CT molecular complexity index is 860. The van der Waals surface area contributed by atoms with Crippen molar-refractivity contribution in [3.63, 3.8) is 0 Å². The van der Waals surface area contributed by atoms with Crippen LogP contribution in [-0.2, 0) is 22.6 Å². The maximum Gasteiger partial charge on any atom is 0.243 e. The molecule has 4 nitrogen and oxygen atoms in total. The highest BCUT2D eigenvalue weighted by Gasteiger charge is 2.30. The Kier molecular flexibility index (Phi) is 7.61. The molecule has 3 rings (SSSR count). The van der Waals surface area contributed by atoms with Gasteiger partial charge in [0.15, 0.2) is 0 Å². The third kappa shape index (κ3) is 5.68. The molecule has 2 aromatic carbocycles. The molecule has 0 bridgehead atoms. The van der Waals surface area contributed by atoms with Crippen molar-refractivity contribution < 1.29 is 14.0 Å². The van der Waals surface area contributed by atoms with Crippen LogP contribution in [0, 0.1) is 12.7 Å². The first-order chi connectivity index (χ1) is 14.5. The fourth-order valence-corrected chi connectivity index (χ4v) is 4.14. The molecular weight excluding hydrogens is 379 g/mol. The van der Waals surface area contributed by atoms with E-state index in [-0.39, 0.29) is 30.1 Å². The van der Waals surface area contributed by atoms with Crippen LogP contribution < -0.4 is 5.32 Å². The van der Waals surface area contributed by atoms with E-state index in [4.69, 9.17) is 0 Å². The molecule has 160 valence electrons. The van der Waals surface area contributed by atoms with Gasteiger partial charge in [0.1, 0.15) is 11.9 Å². The van der Waals surface area contributed by atoms with Gasteiger partial charge in [0.25, 0.3) is 0 Å². The highest BCUT2D eigenvalue weighted by molar-refractivity contribution is 5.88. The van der Waals surface area contributed by atoms with Crippen LogP contribution in [0.4, 0.5) is 4.39 Å². The standard InChI is InChI=1S/C25H31FN2O2/c1-3-23(25(30)27-22-10-6-7-11-22)28(17-20-9-5-4-8-18(20)2)24(29)16-19-12-14-21(26)15-13-19/h4-5,8-9,12-15,22-23H,3,6-7,10-11,16-17H2,1-2H3,(H,27,30)/t23-/m0/s1. The van der Waals surface area contributed by atoms with Gasteiger partial charge in [-0.2, -0.15) is 0 Å². The summed E-state index contributed by atoms with van der Waals surface area (Å²) in [5.74, 6) is -0.533. The van der Waals surface area contributed by atoms with Crippen LogP contribution in [0.25, 0.3) is 0 Å². The molecule has 1 atom stereocenters. The number of nitrogens with zero attached hydrogens (tertiary/aromatic N) is 1. The van der Waals surface area contributed by atoms with E-state index in [2.05, 4.69) is 5.32 Å². The number of benzene rings is 2. The molecule has 1 N–H and O–H groups in total. The highest BCUT2D eigenvalue weighted by Crippen LogP contribution is 2.20. The van der Waals surface area contributed by atoms with Gasteiger partial charge in [-0.25, -0.2) is 4.39 Å². The van der Waals surface area contributed by atoms with Gasteiger partial charge < -0.3 is 10.2 Å². The first-order valence-corrected chi connectivity index (χ1v) is 10.9. The first kappa shape index (κ1) is 22.0. The van der Waals surface area contributed by atoms with Gasteiger partial charge in [-0.15, -0.1) is 0 Å². The van der Waals surface area contributed by atoms with Crippen molar-refractivity contribution in [2.75, 3.05) is 0 Å². The Hall–Kier alpha value is -2.69. The van der Waals surface area contributed by atoms with Crippen molar-refractivity contribution >= 4 is 11.8 Å². The molecule has 2 aromatic rings. The minimum atomic E-state index is -0.529. The molecular formula is C25H31FN2O2. The minimum Gasteiger partial charge on any atom is -0.352 e. The van der Waals surface area contributed by atoms with Crippen molar-refractivity contribution in [3.8, 4) is 0 Å². The van der Waals surface area contributed by atoms with Crippen LogP contribution in [0.5, 0.6) is 0 Å². The SMILES string of the molecule is CC[C@@H](C(=O)NC1CCCC1)N(Cc1ccccc1C)C(=O)Cc1ccc(F)cc1. The maximum absolute atomic E-state index is 13.3. The number of carbonyl (C=O) groups excluding carboxylic acids is 2. The Labute approximate surface area is 178 Å². The zero-order chi connectivity index (χ0) is 21.5. The van der Waals surface area contributed by atoms with E-state index in [1.54, 1.807) is 17.0 Å². The lowest BCUT2D eigenvalue weighted by molar-refractivity contribution is -0.141. The van der Waals surface area contributed by atoms with Crippen molar-refractivity contribution in [2.24, 2.45) is 0 Å². The highest BCUT2D eigenvalue weighted by atomic mass is 19.1. The van der Waals surface area contributed by atoms with Gasteiger partial charge in [0.2, 0.25) is 11.8 Å². The Balaban J connectivity index is 1.82. The Morgan fingerprint density at radius 3 is 2.40 bits per heavy atom. The summed E-state index contributed by atoms with van der Waals surface area (Å²) < 4.78 is 13.2.